The Bertz CT molecular complexity index is 741. The molecule has 2 aromatic carbocycles. The summed E-state index contributed by atoms with van der Waals surface area (Å²) in [7, 11) is 0. The third-order valence-corrected chi connectivity index (χ3v) is 5.16. The Morgan fingerprint density at radius 3 is 2.62 bits per heavy atom. The molecule has 0 bridgehead atoms. The van der Waals surface area contributed by atoms with Crippen molar-refractivity contribution in [1.29, 1.82) is 0 Å². The largest absolute Gasteiger partial charge is 0.494 e. The van der Waals surface area contributed by atoms with Gasteiger partial charge in [0.1, 0.15) is 5.75 Å². The van der Waals surface area contributed by atoms with Crippen molar-refractivity contribution in [1.82, 2.24) is 4.90 Å². The van der Waals surface area contributed by atoms with Crippen LogP contribution in [-0.4, -0.2) is 35.7 Å². The molecule has 0 aliphatic carbocycles. The van der Waals surface area contributed by atoms with E-state index in [1.165, 1.54) is 16.7 Å². The molecule has 0 amide bonds. The molecule has 0 spiro atoms. The Morgan fingerprint density at radius 1 is 1.23 bits per heavy atom. The van der Waals surface area contributed by atoms with Crippen LogP contribution in [0.2, 0.25) is 0 Å². The van der Waals surface area contributed by atoms with Gasteiger partial charge in [-0.15, -0.1) is 0 Å². The molecule has 1 saturated heterocycles. The molecule has 1 aliphatic rings. The number of piperidine rings is 1. The summed E-state index contributed by atoms with van der Waals surface area (Å²) in [6.07, 6.45) is 1.67. The minimum Gasteiger partial charge on any atom is -0.494 e. The minimum atomic E-state index is -0.690. The highest BCUT2D eigenvalue weighted by Crippen LogP contribution is 2.34. The molecule has 0 aromatic heterocycles. The van der Waals surface area contributed by atoms with Gasteiger partial charge in [-0.05, 0) is 62.1 Å². The molecule has 1 heterocycles. The van der Waals surface area contributed by atoms with Gasteiger partial charge in [0.25, 0.3) is 0 Å². The van der Waals surface area contributed by atoms with E-state index in [0.717, 1.165) is 25.1 Å². The first kappa shape index (κ1) is 18.5. The van der Waals surface area contributed by atoms with Crippen molar-refractivity contribution >= 4 is 5.97 Å². The van der Waals surface area contributed by atoms with Gasteiger partial charge in [0.05, 0.1) is 18.6 Å². The summed E-state index contributed by atoms with van der Waals surface area (Å²) in [5.74, 6) is -0.121. The van der Waals surface area contributed by atoms with Crippen LogP contribution < -0.4 is 4.74 Å². The van der Waals surface area contributed by atoms with Gasteiger partial charge in [0.2, 0.25) is 0 Å². The van der Waals surface area contributed by atoms with Gasteiger partial charge < -0.3 is 9.84 Å². The number of aliphatic carboxylic acids is 1. The van der Waals surface area contributed by atoms with Crippen molar-refractivity contribution in [2.45, 2.75) is 32.7 Å². The molecule has 4 heteroatoms. The third-order valence-electron chi connectivity index (χ3n) is 5.16. The molecule has 26 heavy (non-hydrogen) atoms. The van der Waals surface area contributed by atoms with E-state index in [1.807, 2.05) is 25.1 Å². The number of hydrogen-bond donors (Lipinski definition) is 1. The van der Waals surface area contributed by atoms with E-state index in [9.17, 15) is 9.90 Å². The van der Waals surface area contributed by atoms with Crippen LogP contribution in [0.25, 0.3) is 0 Å². The van der Waals surface area contributed by atoms with Crippen molar-refractivity contribution in [3.63, 3.8) is 0 Å². The number of carboxylic acid groups (broad SMARTS) is 1. The van der Waals surface area contributed by atoms with E-state index < -0.39 is 5.97 Å². The van der Waals surface area contributed by atoms with E-state index in [4.69, 9.17) is 4.74 Å². The maximum Gasteiger partial charge on any atom is 0.307 e. The van der Waals surface area contributed by atoms with Crippen LogP contribution in [-0.2, 0) is 4.79 Å². The van der Waals surface area contributed by atoms with Crippen LogP contribution in [0.1, 0.15) is 42.5 Å². The Balaban J connectivity index is 1.97. The van der Waals surface area contributed by atoms with Crippen LogP contribution in [0, 0.1) is 12.8 Å². The van der Waals surface area contributed by atoms with E-state index in [0.29, 0.717) is 13.2 Å². The van der Waals surface area contributed by atoms with Crippen molar-refractivity contribution in [3.05, 3.63) is 65.2 Å². The number of carbonyl (C=O) groups is 1. The van der Waals surface area contributed by atoms with Gasteiger partial charge in [0.15, 0.2) is 0 Å². The molecule has 2 atom stereocenters. The molecule has 0 saturated carbocycles. The number of nitrogens with zero attached hydrogens (tertiary/aromatic N) is 1. The Kier molecular flexibility index (Phi) is 5.94. The summed E-state index contributed by atoms with van der Waals surface area (Å²) < 4.78 is 5.57. The lowest BCUT2D eigenvalue weighted by Gasteiger charge is -2.38. The fourth-order valence-corrected chi connectivity index (χ4v) is 3.84. The van der Waals surface area contributed by atoms with Gasteiger partial charge in [-0.25, -0.2) is 0 Å². The zero-order chi connectivity index (χ0) is 18.5. The van der Waals surface area contributed by atoms with Crippen molar-refractivity contribution in [2.24, 2.45) is 5.92 Å². The van der Waals surface area contributed by atoms with Gasteiger partial charge >= 0.3 is 5.97 Å². The van der Waals surface area contributed by atoms with Crippen molar-refractivity contribution in [2.75, 3.05) is 19.7 Å². The molecule has 0 radical (unpaired) electrons. The number of likely N-dealkylation sites (tertiary alicyclic amines) is 1. The topological polar surface area (TPSA) is 49.8 Å². The van der Waals surface area contributed by atoms with Crippen molar-refractivity contribution in [3.8, 4) is 5.75 Å². The average molecular weight is 353 g/mol. The molecule has 3 rings (SSSR count). The second-order valence-corrected chi connectivity index (χ2v) is 6.93. The maximum absolute atomic E-state index is 11.5. The fourth-order valence-electron chi connectivity index (χ4n) is 3.84. The van der Waals surface area contributed by atoms with Crippen molar-refractivity contribution < 1.29 is 14.6 Å². The standard InChI is InChI=1S/C22H27NO3/c1-3-26-19-12-10-17(11-13-19)21(20-9-5-4-7-16(20)2)23-14-6-8-18(15-23)22(24)25/h4-5,7,9-13,18,21H,3,6,8,14-15H2,1-2H3,(H,24,25). The molecule has 138 valence electrons. The number of aryl methyl sites for hydroxylation is 1. The molecule has 2 aromatic rings. The van der Waals surface area contributed by atoms with Crippen LogP contribution in [0.5, 0.6) is 5.75 Å². The number of ether oxygens (including phenoxy) is 1. The lowest BCUT2D eigenvalue weighted by molar-refractivity contribution is -0.143. The monoisotopic (exact) mass is 353 g/mol. The number of benzene rings is 2. The van der Waals surface area contributed by atoms with Crippen LogP contribution in [0.15, 0.2) is 48.5 Å². The lowest BCUT2D eigenvalue weighted by atomic mass is 9.89. The summed E-state index contributed by atoms with van der Waals surface area (Å²) >= 11 is 0. The van der Waals surface area contributed by atoms with Gasteiger partial charge in [-0.1, -0.05) is 36.4 Å². The summed E-state index contributed by atoms with van der Waals surface area (Å²) in [5, 5.41) is 9.49. The average Bonchev–Trinajstić information content (AvgIpc) is 2.65. The van der Waals surface area contributed by atoms with E-state index in [1.54, 1.807) is 0 Å². The minimum absolute atomic E-state index is 0.0639. The second-order valence-electron chi connectivity index (χ2n) is 6.93. The molecule has 1 aliphatic heterocycles. The molecular formula is C22H27NO3. The van der Waals surface area contributed by atoms with E-state index in [-0.39, 0.29) is 12.0 Å². The number of hydrogen-bond acceptors (Lipinski definition) is 3. The van der Waals surface area contributed by atoms with E-state index >= 15 is 0 Å². The van der Waals surface area contributed by atoms with Crippen LogP contribution in [0.4, 0.5) is 0 Å². The van der Waals surface area contributed by atoms with Crippen LogP contribution >= 0.6 is 0 Å². The van der Waals surface area contributed by atoms with Gasteiger partial charge in [-0.2, -0.15) is 0 Å². The quantitative estimate of drug-likeness (QED) is 0.842. The normalized spacial score (nSPS) is 19.1. The Morgan fingerprint density at radius 2 is 1.96 bits per heavy atom. The highest BCUT2D eigenvalue weighted by molar-refractivity contribution is 5.70. The predicted molar refractivity (Wildman–Crippen MR) is 103 cm³/mol. The maximum atomic E-state index is 11.5. The second kappa shape index (κ2) is 8.37. The fraction of sp³-hybridized carbons (Fsp3) is 0.409. The zero-order valence-corrected chi connectivity index (χ0v) is 15.5. The smallest absolute Gasteiger partial charge is 0.307 e. The zero-order valence-electron chi connectivity index (χ0n) is 15.5. The lowest BCUT2D eigenvalue weighted by Crippen LogP contribution is -2.41. The number of carboxylic acids is 1. The number of rotatable bonds is 6. The SMILES string of the molecule is CCOc1ccc(C(c2ccccc2C)N2CCCC(C(=O)O)C2)cc1. The summed E-state index contributed by atoms with van der Waals surface area (Å²) in [5.41, 5.74) is 3.64. The molecule has 1 N–H and O–H groups in total. The summed E-state index contributed by atoms with van der Waals surface area (Å²) in [6.45, 7) is 6.24. The molecule has 2 unspecified atom stereocenters. The summed E-state index contributed by atoms with van der Waals surface area (Å²) in [4.78, 5) is 13.9. The third kappa shape index (κ3) is 4.07. The van der Waals surface area contributed by atoms with Gasteiger partial charge in [0, 0.05) is 6.54 Å². The molecular weight excluding hydrogens is 326 g/mol. The van der Waals surface area contributed by atoms with E-state index in [2.05, 4.69) is 42.2 Å². The summed E-state index contributed by atoms with van der Waals surface area (Å²) in [6, 6.07) is 16.7. The first-order valence-corrected chi connectivity index (χ1v) is 9.35. The Labute approximate surface area is 155 Å². The first-order chi connectivity index (χ1) is 12.6. The highest BCUT2D eigenvalue weighted by Gasteiger charge is 2.31. The molecule has 4 nitrogen and oxygen atoms in total. The van der Waals surface area contributed by atoms with Gasteiger partial charge in [-0.3, -0.25) is 9.69 Å². The predicted octanol–water partition coefficient (Wildman–Crippen LogP) is 4.28. The Hall–Kier alpha value is -2.33. The van der Waals surface area contributed by atoms with Crippen LogP contribution in [0.3, 0.4) is 0 Å². The molecule has 1 fully saturated rings. The highest BCUT2D eigenvalue weighted by atomic mass is 16.5. The first-order valence-electron chi connectivity index (χ1n) is 9.35.